The van der Waals surface area contributed by atoms with Gasteiger partial charge in [-0.1, -0.05) is 45.2 Å². The molecule has 0 spiro atoms. The highest BCUT2D eigenvalue weighted by Gasteiger charge is 2.25. The summed E-state index contributed by atoms with van der Waals surface area (Å²) in [4.78, 5) is 12.0. The second-order valence-electron chi connectivity index (χ2n) is 6.09. The Balaban J connectivity index is 2.69. The summed E-state index contributed by atoms with van der Waals surface area (Å²) >= 11 is 0. The summed E-state index contributed by atoms with van der Waals surface area (Å²) in [5.74, 6) is 0.0700. The maximum Gasteiger partial charge on any atom is 0.244 e. The van der Waals surface area contributed by atoms with Gasteiger partial charge in [0.25, 0.3) is 0 Å². The van der Waals surface area contributed by atoms with Crippen molar-refractivity contribution in [1.82, 2.24) is 9.62 Å². The average Bonchev–Trinajstić information content (AvgIpc) is 2.61. The standard InChI is InChI=1S/C18H27N3O3S/c1-4-6-9-15(5-2)13-20-18(22)14-21(3)25(23,24)17-11-8-7-10-16(17)12-19/h7-8,10-11,15H,4-6,9,13-14H2,1-3H3,(H,20,22)/t15-/m0/s1. The molecule has 0 unspecified atom stereocenters. The number of rotatable bonds is 10. The normalized spacial score (nSPS) is 12.6. The fraction of sp³-hybridized carbons (Fsp3) is 0.556. The topological polar surface area (TPSA) is 90.3 Å². The molecule has 1 atom stereocenters. The zero-order valence-electron chi connectivity index (χ0n) is 15.2. The van der Waals surface area contributed by atoms with E-state index in [4.69, 9.17) is 5.26 Å². The van der Waals surface area contributed by atoms with Crippen molar-refractivity contribution in [2.75, 3.05) is 20.1 Å². The Morgan fingerprint density at radius 3 is 2.60 bits per heavy atom. The van der Waals surface area contributed by atoms with Crippen LogP contribution in [0.5, 0.6) is 0 Å². The lowest BCUT2D eigenvalue weighted by molar-refractivity contribution is -0.121. The molecule has 138 valence electrons. The largest absolute Gasteiger partial charge is 0.355 e. The molecule has 1 aromatic carbocycles. The Morgan fingerprint density at radius 1 is 1.32 bits per heavy atom. The van der Waals surface area contributed by atoms with Crippen LogP contribution in [0.25, 0.3) is 0 Å². The first-order valence-electron chi connectivity index (χ1n) is 8.58. The van der Waals surface area contributed by atoms with Crippen molar-refractivity contribution in [2.45, 2.75) is 44.4 Å². The van der Waals surface area contributed by atoms with Crippen molar-refractivity contribution in [2.24, 2.45) is 5.92 Å². The Bertz CT molecular complexity index is 711. The molecule has 0 saturated heterocycles. The molecule has 0 radical (unpaired) electrons. The Kier molecular flexibility index (Phi) is 8.59. The third-order valence-corrected chi connectivity index (χ3v) is 6.05. The van der Waals surface area contributed by atoms with Gasteiger partial charge in [0.05, 0.1) is 17.0 Å². The van der Waals surface area contributed by atoms with Crippen LogP contribution >= 0.6 is 0 Å². The number of amides is 1. The van der Waals surface area contributed by atoms with Crippen molar-refractivity contribution in [3.05, 3.63) is 29.8 Å². The molecular formula is C18H27N3O3S. The van der Waals surface area contributed by atoms with Gasteiger partial charge in [-0.15, -0.1) is 0 Å². The van der Waals surface area contributed by atoms with Gasteiger partial charge in [0, 0.05) is 13.6 Å². The summed E-state index contributed by atoms with van der Waals surface area (Å²) in [5, 5.41) is 11.9. The van der Waals surface area contributed by atoms with Crippen molar-refractivity contribution in [3.63, 3.8) is 0 Å². The number of hydrogen-bond donors (Lipinski definition) is 1. The van der Waals surface area contributed by atoms with Crippen LogP contribution in [0.2, 0.25) is 0 Å². The number of nitrogens with zero attached hydrogens (tertiary/aromatic N) is 2. The first kappa shape index (κ1) is 21.1. The van der Waals surface area contributed by atoms with Crippen LogP contribution in [0.4, 0.5) is 0 Å². The first-order chi connectivity index (χ1) is 11.9. The maximum absolute atomic E-state index is 12.6. The number of hydrogen-bond acceptors (Lipinski definition) is 4. The second kappa shape index (κ2) is 10.2. The molecule has 25 heavy (non-hydrogen) atoms. The van der Waals surface area contributed by atoms with E-state index in [1.165, 1.54) is 19.2 Å². The molecule has 0 aliphatic heterocycles. The molecule has 1 amide bonds. The van der Waals surface area contributed by atoms with E-state index < -0.39 is 10.0 Å². The number of unbranched alkanes of at least 4 members (excludes halogenated alkanes) is 1. The molecule has 1 rings (SSSR count). The van der Waals surface area contributed by atoms with Gasteiger partial charge in [-0.2, -0.15) is 9.57 Å². The molecule has 1 aromatic rings. The van der Waals surface area contributed by atoms with E-state index in [9.17, 15) is 13.2 Å². The molecule has 7 heteroatoms. The molecule has 0 saturated carbocycles. The summed E-state index contributed by atoms with van der Waals surface area (Å²) in [6, 6.07) is 7.85. The van der Waals surface area contributed by atoms with Crippen molar-refractivity contribution in [3.8, 4) is 6.07 Å². The monoisotopic (exact) mass is 365 g/mol. The molecule has 0 aliphatic carbocycles. The number of carbonyl (C=O) groups excluding carboxylic acids is 1. The van der Waals surface area contributed by atoms with Gasteiger partial charge in [-0.3, -0.25) is 4.79 Å². The van der Waals surface area contributed by atoms with E-state index in [0.717, 1.165) is 30.0 Å². The van der Waals surface area contributed by atoms with Gasteiger partial charge in [0.1, 0.15) is 6.07 Å². The van der Waals surface area contributed by atoms with E-state index in [0.29, 0.717) is 12.5 Å². The van der Waals surface area contributed by atoms with Gasteiger partial charge in [0.15, 0.2) is 0 Å². The lowest BCUT2D eigenvalue weighted by Crippen LogP contribution is -2.40. The lowest BCUT2D eigenvalue weighted by atomic mass is 9.99. The van der Waals surface area contributed by atoms with Crippen LogP contribution in [0.1, 0.15) is 45.1 Å². The van der Waals surface area contributed by atoms with E-state index in [-0.39, 0.29) is 22.9 Å². The van der Waals surface area contributed by atoms with Gasteiger partial charge < -0.3 is 5.32 Å². The minimum absolute atomic E-state index is 0.0698. The fourth-order valence-electron chi connectivity index (χ4n) is 2.50. The maximum atomic E-state index is 12.6. The highest BCUT2D eigenvalue weighted by atomic mass is 32.2. The summed E-state index contributed by atoms with van der Waals surface area (Å²) < 4.78 is 26.1. The van der Waals surface area contributed by atoms with Crippen LogP contribution in [0.3, 0.4) is 0 Å². The average molecular weight is 365 g/mol. The number of carbonyl (C=O) groups is 1. The first-order valence-corrected chi connectivity index (χ1v) is 10.0. The summed E-state index contributed by atoms with van der Waals surface area (Å²) in [5.41, 5.74) is 0.0698. The number of likely N-dealkylation sites (N-methyl/N-ethyl adjacent to an activating group) is 1. The van der Waals surface area contributed by atoms with Crippen molar-refractivity contribution in [1.29, 1.82) is 5.26 Å². The summed E-state index contributed by atoms with van der Waals surface area (Å²) in [6.07, 6.45) is 4.26. The van der Waals surface area contributed by atoms with E-state index >= 15 is 0 Å². The number of sulfonamides is 1. The van der Waals surface area contributed by atoms with Crippen molar-refractivity contribution < 1.29 is 13.2 Å². The zero-order chi connectivity index (χ0) is 18.9. The van der Waals surface area contributed by atoms with E-state index in [1.54, 1.807) is 12.1 Å². The Morgan fingerprint density at radius 2 is 2.00 bits per heavy atom. The lowest BCUT2D eigenvalue weighted by Gasteiger charge is -2.19. The summed E-state index contributed by atoms with van der Waals surface area (Å²) in [6.45, 7) is 4.50. The van der Waals surface area contributed by atoms with Gasteiger partial charge in [-0.05, 0) is 24.5 Å². The van der Waals surface area contributed by atoms with Gasteiger partial charge in [0.2, 0.25) is 15.9 Å². The minimum Gasteiger partial charge on any atom is -0.355 e. The predicted octanol–water partition coefficient (Wildman–Crippen LogP) is 2.51. The zero-order valence-corrected chi connectivity index (χ0v) is 16.0. The predicted molar refractivity (Wildman–Crippen MR) is 97.3 cm³/mol. The summed E-state index contributed by atoms with van der Waals surface area (Å²) in [7, 11) is -2.54. The number of benzene rings is 1. The smallest absolute Gasteiger partial charge is 0.244 e. The fourth-order valence-corrected chi connectivity index (χ4v) is 3.76. The third kappa shape index (κ3) is 6.15. The van der Waals surface area contributed by atoms with Crippen LogP contribution in [-0.2, 0) is 14.8 Å². The molecule has 0 fully saturated rings. The second-order valence-corrected chi connectivity index (χ2v) is 8.10. The quantitative estimate of drug-likeness (QED) is 0.690. The van der Waals surface area contributed by atoms with Crippen LogP contribution in [-0.4, -0.2) is 38.8 Å². The van der Waals surface area contributed by atoms with E-state index in [1.807, 2.05) is 6.07 Å². The minimum atomic E-state index is -3.89. The molecule has 0 aliphatic rings. The molecular weight excluding hydrogens is 338 g/mol. The van der Waals surface area contributed by atoms with E-state index in [2.05, 4.69) is 19.2 Å². The number of nitriles is 1. The third-order valence-electron chi connectivity index (χ3n) is 4.19. The van der Waals surface area contributed by atoms with Crippen LogP contribution in [0.15, 0.2) is 29.2 Å². The molecule has 0 bridgehead atoms. The highest BCUT2D eigenvalue weighted by molar-refractivity contribution is 7.89. The molecule has 1 N–H and O–H groups in total. The Labute approximate surface area is 150 Å². The molecule has 0 aromatic heterocycles. The number of nitrogens with one attached hydrogen (secondary N) is 1. The van der Waals surface area contributed by atoms with Crippen LogP contribution in [0, 0.1) is 17.2 Å². The van der Waals surface area contributed by atoms with Gasteiger partial charge >= 0.3 is 0 Å². The Hall–Kier alpha value is -1.91. The highest BCUT2D eigenvalue weighted by Crippen LogP contribution is 2.18. The SMILES string of the molecule is CCCC[C@H](CC)CNC(=O)CN(C)S(=O)(=O)c1ccccc1C#N. The van der Waals surface area contributed by atoms with Crippen molar-refractivity contribution >= 4 is 15.9 Å². The molecule has 6 nitrogen and oxygen atoms in total. The van der Waals surface area contributed by atoms with Crippen LogP contribution < -0.4 is 5.32 Å². The molecule has 0 heterocycles. The van der Waals surface area contributed by atoms with Gasteiger partial charge in [-0.25, -0.2) is 8.42 Å².